The van der Waals surface area contributed by atoms with Crippen molar-refractivity contribution in [2.75, 3.05) is 7.11 Å². The molecule has 0 radical (unpaired) electrons. The van der Waals surface area contributed by atoms with E-state index in [2.05, 4.69) is 4.74 Å². The molecule has 0 aliphatic heterocycles. The fourth-order valence-electron chi connectivity index (χ4n) is 1.33. The van der Waals surface area contributed by atoms with E-state index in [-0.39, 0.29) is 23.7 Å². The van der Waals surface area contributed by atoms with Crippen LogP contribution in [0.4, 0.5) is 17.6 Å². The van der Waals surface area contributed by atoms with Crippen molar-refractivity contribution in [1.82, 2.24) is 0 Å². The van der Waals surface area contributed by atoms with Gasteiger partial charge < -0.3 is 10.5 Å². The van der Waals surface area contributed by atoms with Gasteiger partial charge in [-0.05, 0) is 6.07 Å². The van der Waals surface area contributed by atoms with Crippen molar-refractivity contribution in [3.8, 4) is 5.75 Å². The van der Waals surface area contributed by atoms with Gasteiger partial charge in [0.15, 0.2) is 11.6 Å². The lowest BCUT2D eigenvalue weighted by Gasteiger charge is -2.16. The van der Waals surface area contributed by atoms with Crippen LogP contribution in [0, 0.1) is 5.82 Å². The van der Waals surface area contributed by atoms with Crippen LogP contribution in [0.5, 0.6) is 5.75 Å². The largest absolute Gasteiger partial charge is 0.494 e. The highest BCUT2D eigenvalue weighted by atomic mass is 35.5. The second kappa shape index (κ2) is 6.07. The maximum atomic E-state index is 13.5. The van der Waals surface area contributed by atoms with E-state index >= 15 is 0 Å². The number of halogens is 5. The highest BCUT2D eigenvalue weighted by molar-refractivity contribution is 5.85. The minimum Gasteiger partial charge on any atom is -0.494 e. The molecule has 2 N–H and O–H groups in total. The number of hydrogen-bond donors (Lipinski definition) is 1. The van der Waals surface area contributed by atoms with Crippen molar-refractivity contribution in [2.45, 2.75) is 18.6 Å². The topological polar surface area (TPSA) is 35.2 Å². The third-order valence-electron chi connectivity index (χ3n) is 2.06. The summed E-state index contributed by atoms with van der Waals surface area (Å²) >= 11 is 0. The molecule has 0 aliphatic rings. The van der Waals surface area contributed by atoms with Crippen LogP contribution in [0.25, 0.3) is 0 Å². The number of alkyl halides is 3. The first kappa shape index (κ1) is 16.0. The predicted octanol–water partition coefficient (Wildman–Crippen LogP) is 3.21. The summed E-state index contributed by atoms with van der Waals surface area (Å²) in [4.78, 5) is 0. The van der Waals surface area contributed by atoms with E-state index in [0.29, 0.717) is 0 Å². The number of hydrogen-bond acceptors (Lipinski definition) is 2. The Morgan fingerprint density at radius 3 is 2.41 bits per heavy atom. The maximum absolute atomic E-state index is 13.5. The molecular formula is C10H12ClF4NO. The Balaban J connectivity index is 0.00000256. The zero-order valence-electron chi connectivity index (χ0n) is 8.92. The quantitative estimate of drug-likeness (QED) is 0.859. The molecule has 17 heavy (non-hydrogen) atoms. The normalized spacial score (nSPS) is 12.8. The smallest absolute Gasteiger partial charge is 0.390 e. The van der Waals surface area contributed by atoms with E-state index in [1.807, 2.05) is 0 Å². The zero-order chi connectivity index (χ0) is 12.3. The summed E-state index contributed by atoms with van der Waals surface area (Å²) in [5, 5.41) is 0. The van der Waals surface area contributed by atoms with Gasteiger partial charge in [0, 0.05) is 11.6 Å². The van der Waals surface area contributed by atoms with E-state index in [0.717, 1.165) is 0 Å². The first-order valence-corrected chi connectivity index (χ1v) is 4.50. The van der Waals surface area contributed by atoms with Gasteiger partial charge in [0.1, 0.15) is 0 Å². The highest BCUT2D eigenvalue weighted by Crippen LogP contribution is 2.31. The SMILES string of the molecule is COc1cccc([C@@H](N)CC(F)(F)F)c1F.Cl. The van der Waals surface area contributed by atoms with Gasteiger partial charge in [0.05, 0.1) is 13.5 Å². The average Bonchev–Trinajstić information content (AvgIpc) is 2.15. The number of methoxy groups -OCH3 is 1. The fourth-order valence-corrected chi connectivity index (χ4v) is 1.33. The number of rotatable bonds is 3. The summed E-state index contributed by atoms with van der Waals surface area (Å²) in [5.74, 6) is -0.961. The Morgan fingerprint density at radius 1 is 1.35 bits per heavy atom. The molecule has 0 aromatic heterocycles. The molecule has 0 unspecified atom stereocenters. The minimum atomic E-state index is -4.42. The van der Waals surface area contributed by atoms with Crippen molar-refractivity contribution in [2.24, 2.45) is 5.73 Å². The van der Waals surface area contributed by atoms with Gasteiger partial charge >= 0.3 is 6.18 Å². The molecule has 1 atom stereocenters. The summed E-state index contributed by atoms with van der Waals surface area (Å²) in [7, 11) is 1.23. The van der Waals surface area contributed by atoms with E-state index in [4.69, 9.17) is 5.73 Å². The van der Waals surface area contributed by atoms with Crippen LogP contribution < -0.4 is 10.5 Å². The van der Waals surface area contributed by atoms with E-state index in [9.17, 15) is 17.6 Å². The first-order chi connectivity index (χ1) is 7.35. The zero-order valence-corrected chi connectivity index (χ0v) is 9.74. The number of benzene rings is 1. The van der Waals surface area contributed by atoms with Crippen LogP contribution in [0.1, 0.15) is 18.0 Å². The molecule has 0 aliphatic carbocycles. The monoisotopic (exact) mass is 273 g/mol. The van der Waals surface area contributed by atoms with Gasteiger partial charge in [-0.25, -0.2) is 4.39 Å². The molecule has 0 amide bonds. The van der Waals surface area contributed by atoms with Crippen LogP contribution in [-0.4, -0.2) is 13.3 Å². The van der Waals surface area contributed by atoms with Gasteiger partial charge in [-0.2, -0.15) is 13.2 Å². The molecule has 2 nitrogen and oxygen atoms in total. The van der Waals surface area contributed by atoms with Crippen LogP contribution in [0.2, 0.25) is 0 Å². The molecule has 1 aromatic carbocycles. The predicted molar refractivity (Wildman–Crippen MR) is 57.8 cm³/mol. The molecule has 7 heteroatoms. The highest BCUT2D eigenvalue weighted by Gasteiger charge is 2.32. The molecule has 98 valence electrons. The van der Waals surface area contributed by atoms with Gasteiger partial charge in [-0.3, -0.25) is 0 Å². The fraction of sp³-hybridized carbons (Fsp3) is 0.400. The van der Waals surface area contributed by atoms with Gasteiger partial charge in [-0.1, -0.05) is 12.1 Å². The number of nitrogens with two attached hydrogens (primary N) is 1. The van der Waals surface area contributed by atoms with Crippen molar-refractivity contribution < 1.29 is 22.3 Å². The van der Waals surface area contributed by atoms with Crippen LogP contribution in [-0.2, 0) is 0 Å². The Hall–Kier alpha value is -1.01. The van der Waals surface area contributed by atoms with Crippen LogP contribution in [0.15, 0.2) is 18.2 Å². The standard InChI is InChI=1S/C10H11F4NO.ClH/c1-16-8-4-2-3-6(9(8)11)7(15)5-10(12,13)14;/h2-4,7H,5,15H2,1H3;1H/t7-;/m0./s1. The third kappa shape index (κ3) is 4.40. The van der Waals surface area contributed by atoms with Crippen LogP contribution >= 0.6 is 12.4 Å². The molecule has 0 bridgehead atoms. The molecule has 0 spiro atoms. The average molecular weight is 274 g/mol. The molecule has 0 saturated carbocycles. The van der Waals surface area contributed by atoms with Crippen LogP contribution in [0.3, 0.4) is 0 Å². The second-order valence-electron chi connectivity index (χ2n) is 3.29. The molecule has 0 fully saturated rings. The van der Waals surface area contributed by atoms with Crippen molar-refractivity contribution in [1.29, 1.82) is 0 Å². The second-order valence-corrected chi connectivity index (χ2v) is 3.29. The van der Waals surface area contributed by atoms with Crippen molar-refractivity contribution >= 4 is 12.4 Å². The first-order valence-electron chi connectivity index (χ1n) is 4.50. The van der Waals surface area contributed by atoms with E-state index in [1.54, 1.807) is 0 Å². The van der Waals surface area contributed by atoms with E-state index < -0.39 is 24.5 Å². The summed E-state index contributed by atoms with van der Waals surface area (Å²) in [5.41, 5.74) is 5.09. The molecular weight excluding hydrogens is 262 g/mol. The summed E-state index contributed by atoms with van der Waals surface area (Å²) in [6, 6.07) is 2.51. The van der Waals surface area contributed by atoms with Gasteiger partial charge in [0.25, 0.3) is 0 Å². The number of ether oxygens (including phenoxy) is 1. The lowest BCUT2D eigenvalue weighted by atomic mass is 10.0. The van der Waals surface area contributed by atoms with E-state index in [1.165, 1.54) is 25.3 Å². The van der Waals surface area contributed by atoms with Gasteiger partial charge in [0.2, 0.25) is 0 Å². The Kier molecular flexibility index (Phi) is 5.71. The minimum absolute atomic E-state index is 0. The van der Waals surface area contributed by atoms with Crippen molar-refractivity contribution in [3.63, 3.8) is 0 Å². The molecule has 0 saturated heterocycles. The Bertz CT molecular complexity index is 370. The Morgan fingerprint density at radius 2 is 1.94 bits per heavy atom. The molecule has 0 heterocycles. The molecule has 1 rings (SSSR count). The Labute approximate surface area is 102 Å². The van der Waals surface area contributed by atoms with Crippen molar-refractivity contribution in [3.05, 3.63) is 29.6 Å². The lowest BCUT2D eigenvalue weighted by molar-refractivity contribution is -0.138. The summed E-state index contributed by atoms with van der Waals surface area (Å²) in [6.07, 6.45) is -5.69. The molecule has 1 aromatic rings. The third-order valence-corrected chi connectivity index (χ3v) is 2.06. The summed E-state index contributed by atoms with van der Waals surface area (Å²) < 4.78 is 54.4. The summed E-state index contributed by atoms with van der Waals surface area (Å²) in [6.45, 7) is 0. The maximum Gasteiger partial charge on any atom is 0.390 e. The lowest BCUT2D eigenvalue weighted by Crippen LogP contribution is -2.21. The van der Waals surface area contributed by atoms with Gasteiger partial charge in [-0.15, -0.1) is 12.4 Å².